The fourth-order valence-electron chi connectivity index (χ4n) is 7.17. The van der Waals surface area contributed by atoms with Crippen molar-refractivity contribution < 1.29 is 0 Å². The van der Waals surface area contributed by atoms with Gasteiger partial charge in [0.15, 0.2) is 0 Å². The molecule has 0 atom stereocenters. The van der Waals surface area contributed by atoms with Gasteiger partial charge in [-0.25, -0.2) is 0 Å². The Morgan fingerprint density at radius 2 is 0.721 bits per heavy atom. The van der Waals surface area contributed by atoms with Gasteiger partial charge in [0.05, 0.1) is 0 Å². The Hall–Kier alpha value is -3.72. The van der Waals surface area contributed by atoms with Gasteiger partial charge in [0.2, 0.25) is 0 Å². The Morgan fingerprint density at radius 3 is 1.02 bits per heavy atom. The molecule has 0 fully saturated rings. The molecule has 6 aromatic rings. The molecule has 3 heterocycles. The Bertz CT molecular complexity index is 1570. The van der Waals surface area contributed by atoms with E-state index in [4.69, 9.17) is 0 Å². The van der Waals surface area contributed by atoms with Crippen LogP contribution in [-0.4, -0.2) is 13.7 Å². The fourth-order valence-corrected chi connectivity index (χ4v) is 7.17. The van der Waals surface area contributed by atoms with Crippen molar-refractivity contribution in [3.63, 3.8) is 0 Å². The maximum atomic E-state index is 2.54. The molecule has 0 spiro atoms. The van der Waals surface area contributed by atoms with E-state index in [-0.39, 0.29) is 5.92 Å². The third-order valence-electron chi connectivity index (χ3n) is 9.40. The van der Waals surface area contributed by atoms with Gasteiger partial charge in [0.1, 0.15) is 0 Å². The van der Waals surface area contributed by atoms with Crippen LogP contribution < -0.4 is 0 Å². The first kappa shape index (κ1) is 29.4. The van der Waals surface area contributed by atoms with E-state index in [1.165, 1.54) is 107 Å². The van der Waals surface area contributed by atoms with Crippen molar-refractivity contribution in [2.45, 2.75) is 104 Å². The number of hydrogen-bond donors (Lipinski definition) is 0. The molecule has 0 bridgehead atoms. The third-order valence-corrected chi connectivity index (χ3v) is 9.40. The summed E-state index contributed by atoms with van der Waals surface area (Å²) < 4.78 is 7.61. The van der Waals surface area contributed by atoms with Gasteiger partial charge in [-0.1, -0.05) is 114 Å². The lowest BCUT2D eigenvalue weighted by atomic mass is 9.84. The monoisotopic (exact) mass is 571 g/mol. The summed E-state index contributed by atoms with van der Waals surface area (Å²) in [7, 11) is 0. The second kappa shape index (κ2) is 13.7. The molecular formula is C40H49N3. The molecule has 0 unspecified atom stereocenters. The van der Waals surface area contributed by atoms with Gasteiger partial charge in [-0.15, -0.1) is 0 Å². The minimum Gasteiger partial charge on any atom is -0.347 e. The van der Waals surface area contributed by atoms with Crippen LogP contribution in [0.3, 0.4) is 0 Å². The first-order valence-corrected chi connectivity index (χ1v) is 17.0. The zero-order chi connectivity index (χ0) is 29.6. The van der Waals surface area contributed by atoms with Crippen molar-refractivity contribution in [1.29, 1.82) is 0 Å². The molecule has 0 amide bonds. The van der Waals surface area contributed by atoms with Crippen LogP contribution in [-0.2, 0) is 19.6 Å². The van der Waals surface area contributed by atoms with E-state index in [0.717, 1.165) is 19.6 Å². The van der Waals surface area contributed by atoms with E-state index in [9.17, 15) is 0 Å². The maximum absolute atomic E-state index is 2.54. The van der Waals surface area contributed by atoms with Crippen LogP contribution in [0.4, 0.5) is 0 Å². The second-order valence-corrected chi connectivity index (χ2v) is 12.4. The molecule has 0 saturated carbocycles. The summed E-state index contributed by atoms with van der Waals surface area (Å²) >= 11 is 0. The molecule has 3 heteroatoms. The number of rotatable bonds is 15. The van der Waals surface area contributed by atoms with Gasteiger partial charge in [0, 0.05) is 76.9 Å². The zero-order valence-corrected chi connectivity index (χ0v) is 26.6. The highest BCUT2D eigenvalue weighted by Crippen LogP contribution is 2.44. The quantitative estimate of drug-likeness (QED) is 0.109. The molecule has 6 rings (SSSR count). The van der Waals surface area contributed by atoms with E-state index in [2.05, 4.69) is 126 Å². The minimum absolute atomic E-state index is 0.145. The van der Waals surface area contributed by atoms with Crippen LogP contribution in [0.15, 0.2) is 91.4 Å². The van der Waals surface area contributed by atoms with E-state index in [1.54, 1.807) is 0 Å². The van der Waals surface area contributed by atoms with Gasteiger partial charge >= 0.3 is 0 Å². The highest BCUT2D eigenvalue weighted by atomic mass is 15.0. The average Bonchev–Trinajstić information content (AvgIpc) is 3.71. The highest BCUT2D eigenvalue weighted by molar-refractivity contribution is 5.93. The van der Waals surface area contributed by atoms with Crippen molar-refractivity contribution in [2.24, 2.45) is 0 Å². The van der Waals surface area contributed by atoms with E-state index in [0.29, 0.717) is 0 Å². The molecule has 0 radical (unpaired) electrons. The Labute approximate surface area is 258 Å². The van der Waals surface area contributed by atoms with Gasteiger partial charge in [-0.2, -0.15) is 0 Å². The normalized spacial score (nSPS) is 12.0. The molecule has 3 nitrogen and oxygen atoms in total. The van der Waals surface area contributed by atoms with Gasteiger partial charge < -0.3 is 13.7 Å². The first-order valence-electron chi connectivity index (χ1n) is 17.0. The van der Waals surface area contributed by atoms with Crippen molar-refractivity contribution in [3.8, 4) is 0 Å². The Morgan fingerprint density at radius 1 is 0.419 bits per heavy atom. The summed E-state index contributed by atoms with van der Waals surface area (Å²) in [6.45, 7) is 10.1. The summed E-state index contributed by atoms with van der Waals surface area (Å²) in [5.41, 5.74) is 8.37. The second-order valence-electron chi connectivity index (χ2n) is 12.4. The third kappa shape index (κ3) is 5.92. The van der Waals surface area contributed by atoms with Crippen LogP contribution in [0, 0.1) is 0 Å². The molecule has 3 aromatic carbocycles. The average molecular weight is 572 g/mol. The summed E-state index contributed by atoms with van der Waals surface area (Å²) in [5.74, 6) is 0.145. The molecule has 224 valence electrons. The molecule has 43 heavy (non-hydrogen) atoms. The number of hydrogen-bond acceptors (Lipinski definition) is 0. The zero-order valence-electron chi connectivity index (χ0n) is 26.6. The topological polar surface area (TPSA) is 14.8 Å². The molecule has 0 aliphatic rings. The lowest BCUT2D eigenvalue weighted by Crippen LogP contribution is -2.04. The van der Waals surface area contributed by atoms with Crippen LogP contribution in [0.2, 0.25) is 0 Å². The number of benzene rings is 3. The number of aromatic nitrogens is 3. The first-order chi connectivity index (χ1) is 21.2. The predicted molar refractivity (Wildman–Crippen MR) is 185 cm³/mol. The smallest absolute Gasteiger partial charge is 0.0483 e. The number of para-hydroxylation sites is 3. The van der Waals surface area contributed by atoms with Crippen molar-refractivity contribution in [1.82, 2.24) is 13.7 Å². The summed E-state index contributed by atoms with van der Waals surface area (Å²) in [5, 5.41) is 4.15. The highest BCUT2D eigenvalue weighted by Gasteiger charge is 2.28. The molecule has 0 N–H and O–H groups in total. The molecule has 0 saturated heterocycles. The maximum Gasteiger partial charge on any atom is 0.0483 e. The minimum atomic E-state index is 0.145. The van der Waals surface area contributed by atoms with Gasteiger partial charge in [0.25, 0.3) is 0 Å². The van der Waals surface area contributed by atoms with Gasteiger partial charge in [-0.05, 0) is 54.2 Å². The lowest BCUT2D eigenvalue weighted by Gasteiger charge is -2.17. The SMILES string of the molecule is CCCCCn1cc(C(c2cn(CCCCC)c3ccccc23)c2cn(CCCCC)c3ccccc23)c2ccccc21. The van der Waals surface area contributed by atoms with E-state index < -0.39 is 0 Å². The van der Waals surface area contributed by atoms with Crippen LogP contribution in [0.5, 0.6) is 0 Å². The summed E-state index contributed by atoms with van der Waals surface area (Å²) in [6, 6.07) is 27.3. The van der Waals surface area contributed by atoms with E-state index >= 15 is 0 Å². The number of aryl methyl sites for hydroxylation is 3. The van der Waals surface area contributed by atoms with Crippen LogP contribution in [0.25, 0.3) is 32.7 Å². The predicted octanol–water partition coefficient (Wildman–Crippen LogP) is 11.3. The van der Waals surface area contributed by atoms with Gasteiger partial charge in [-0.3, -0.25) is 0 Å². The summed E-state index contributed by atoms with van der Waals surface area (Å²) in [6.07, 6.45) is 18.7. The molecule has 0 aliphatic carbocycles. The number of unbranched alkanes of at least 4 members (excludes halogenated alkanes) is 6. The largest absolute Gasteiger partial charge is 0.347 e. The molecule has 0 aliphatic heterocycles. The fraction of sp³-hybridized carbons (Fsp3) is 0.400. The van der Waals surface area contributed by atoms with Crippen molar-refractivity contribution in [2.75, 3.05) is 0 Å². The standard InChI is InChI=1S/C40H49N3/c1-4-7-16-25-41-28-34(31-19-10-13-22-37(31)41)40(35-29-42(26-17-8-5-2)38-23-14-11-20-32(35)38)36-30-43(27-18-9-6-3)39-24-15-12-21-33(36)39/h10-15,19-24,28-30,40H,4-9,16-18,25-27H2,1-3H3. The number of nitrogens with zero attached hydrogens (tertiary/aromatic N) is 3. The Kier molecular flexibility index (Phi) is 9.36. The van der Waals surface area contributed by atoms with Crippen molar-refractivity contribution >= 4 is 32.7 Å². The van der Waals surface area contributed by atoms with Crippen LogP contribution >= 0.6 is 0 Å². The molecule has 3 aromatic heterocycles. The Balaban J connectivity index is 1.59. The van der Waals surface area contributed by atoms with E-state index in [1.807, 2.05) is 0 Å². The summed E-state index contributed by atoms with van der Waals surface area (Å²) in [4.78, 5) is 0. The van der Waals surface area contributed by atoms with Crippen LogP contribution in [0.1, 0.15) is 101 Å². The van der Waals surface area contributed by atoms with Crippen molar-refractivity contribution in [3.05, 3.63) is 108 Å². The lowest BCUT2D eigenvalue weighted by molar-refractivity contribution is 0.612. The number of fused-ring (bicyclic) bond motifs is 3. The molecular weight excluding hydrogens is 522 g/mol.